The minimum atomic E-state index is -0.824. The lowest BCUT2D eigenvalue weighted by atomic mass is 10.0. The zero-order valence-electron chi connectivity index (χ0n) is 15.4. The Kier molecular flexibility index (Phi) is 5.80. The maximum absolute atomic E-state index is 14.2. The number of benzene rings is 3. The van der Waals surface area contributed by atoms with E-state index in [1.165, 1.54) is 6.07 Å². The van der Waals surface area contributed by atoms with Crippen molar-refractivity contribution in [3.05, 3.63) is 94.3 Å². The van der Waals surface area contributed by atoms with Crippen LogP contribution in [-0.2, 0) is 6.42 Å². The predicted molar refractivity (Wildman–Crippen MR) is 106 cm³/mol. The largest absolute Gasteiger partial charge is 0.206 e. The van der Waals surface area contributed by atoms with Crippen LogP contribution in [0, 0.1) is 24.4 Å². The zero-order valence-corrected chi connectivity index (χ0v) is 15.4. The van der Waals surface area contributed by atoms with Crippen LogP contribution in [0.4, 0.5) is 13.2 Å². The third-order valence-corrected chi connectivity index (χ3v) is 4.51. The van der Waals surface area contributed by atoms with Gasteiger partial charge in [0.05, 0.1) is 0 Å². The minimum Gasteiger partial charge on any atom is -0.206 e. The van der Waals surface area contributed by atoms with Crippen LogP contribution >= 0.6 is 0 Å². The van der Waals surface area contributed by atoms with Gasteiger partial charge < -0.3 is 0 Å². The second-order valence-electron chi connectivity index (χ2n) is 6.63. The summed E-state index contributed by atoms with van der Waals surface area (Å²) in [4.78, 5) is 0. The van der Waals surface area contributed by atoms with Gasteiger partial charge in [0, 0.05) is 11.1 Å². The van der Waals surface area contributed by atoms with Gasteiger partial charge in [-0.3, -0.25) is 0 Å². The van der Waals surface area contributed by atoms with Crippen LogP contribution in [0.5, 0.6) is 0 Å². The second kappa shape index (κ2) is 8.26. The van der Waals surface area contributed by atoms with Crippen molar-refractivity contribution < 1.29 is 13.2 Å². The van der Waals surface area contributed by atoms with E-state index in [0.717, 1.165) is 23.1 Å². The normalized spacial score (nSPS) is 11.3. The van der Waals surface area contributed by atoms with E-state index in [-0.39, 0.29) is 11.4 Å². The van der Waals surface area contributed by atoms with E-state index >= 15 is 0 Å². The molecule has 0 heterocycles. The summed E-state index contributed by atoms with van der Waals surface area (Å²) in [6, 6.07) is 15.6. The average molecular weight is 366 g/mol. The van der Waals surface area contributed by atoms with Gasteiger partial charge in [0.15, 0.2) is 11.6 Å². The third-order valence-electron chi connectivity index (χ3n) is 4.51. The standard InChI is InChI=1S/C24H21F3/c1-3-4-19-12-13-20(24(27)23(19)26)11-8-17-6-9-18(10-7-17)21-14-5-16(2)15-22(21)25/h5-15H,3-4H2,1-2H3. The van der Waals surface area contributed by atoms with E-state index in [2.05, 4.69) is 0 Å². The van der Waals surface area contributed by atoms with Crippen molar-refractivity contribution in [3.63, 3.8) is 0 Å². The topological polar surface area (TPSA) is 0 Å². The first-order chi connectivity index (χ1) is 13.0. The molecule has 0 nitrogen and oxygen atoms in total. The smallest absolute Gasteiger partial charge is 0.166 e. The lowest BCUT2D eigenvalue weighted by molar-refractivity contribution is 0.496. The second-order valence-corrected chi connectivity index (χ2v) is 6.63. The van der Waals surface area contributed by atoms with Gasteiger partial charge in [-0.2, -0.15) is 0 Å². The van der Waals surface area contributed by atoms with Crippen molar-refractivity contribution in [2.45, 2.75) is 26.7 Å². The summed E-state index contributed by atoms with van der Waals surface area (Å²) < 4.78 is 42.3. The number of hydrogen-bond donors (Lipinski definition) is 0. The SMILES string of the molecule is CCCc1ccc(C=Cc2ccc(-c3ccc(C)cc3F)cc2)c(F)c1F. The molecule has 0 unspecified atom stereocenters. The fourth-order valence-corrected chi connectivity index (χ4v) is 3.01. The molecule has 3 aromatic carbocycles. The van der Waals surface area contributed by atoms with Gasteiger partial charge in [-0.25, -0.2) is 13.2 Å². The van der Waals surface area contributed by atoms with Gasteiger partial charge >= 0.3 is 0 Å². The Morgan fingerprint density at radius 3 is 2.22 bits per heavy atom. The Labute approximate surface area is 158 Å². The molecule has 0 bridgehead atoms. The van der Waals surface area contributed by atoms with Crippen molar-refractivity contribution in [3.8, 4) is 11.1 Å². The van der Waals surface area contributed by atoms with Crippen molar-refractivity contribution in [1.29, 1.82) is 0 Å². The van der Waals surface area contributed by atoms with Gasteiger partial charge in [0.2, 0.25) is 0 Å². The van der Waals surface area contributed by atoms with Gasteiger partial charge in [-0.05, 0) is 41.7 Å². The zero-order chi connectivity index (χ0) is 19.4. The minimum absolute atomic E-state index is 0.209. The first-order valence-corrected chi connectivity index (χ1v) is 9.01. The summed E-state index contributed by atoms with van der Waals surface area (Å²) in [7, 11) is 0. The van der Waals surface area contributed by atoms with Crippen molar-refractivity contribution in [2.75, 3.05) is 0 Å². The third kappa shape index (κ3) is 4.30. The van der Waals surface area contributed by atoms with Crippen LogP contribution in [0.1, 0.15) is 35.6 Å². The Bertz CT molecular complexity index is 970. The summed E-state index contributed by atoms with van der Waals surface area (Å²) in [5.41, 5.74) is 3.61. The van der Waals surface area contributed by atoms with E-state index in [9.17, 15) is 13.2 Å². The molecule has 3 rings (SSSR count). The predicted octanol–water partition coefficient (Wildman–Crippen LogP) is 7.20. The van der Waals surface area contributed by atoms with Gasteiger partial charge in [0.1, 0.15) is 5.82 Å². The summed E-state index contributed by atoms with van der Waals surface area (Å²) >= 11 is 0. The number of rotatable bonds is 5. The Morgan fingerprint density at radius 1 is 0.815 bits per heavy atom. The molecule has 0 aromatic heterocycles. The van der Waals surface area contributed by atoms with Crippen molar-refractivity contribution in [2.24, 2.45) is 0 Å². The highest BCUT2D eigenvalue weighted by Gasteiger charge is 2.11. The molecule has 3 heteroatoms. The fourth-order valence-electron chi connectivity index (χ4n) is 3.01. The summed E-state index contributed by atoms with van der Waals surface area (Å²) in [5, 5.41) is 0. The fraction of sp³-hybridized carbons (Fsp3) is 0.167. The molecule has 0 aliphatic carbocycles. The molecule has 0 N–H and O–H groups in total. The van der Waals surface area contributed by atoms with Crippen LogP contribution in [0.15, 0.2) is 54.6 Å². The van der Waals surface area contributed by atoms with Gasteiger partial charge in [0.25, 0.3) is 0 Å². The molecule has 0 fully saturated rings. The molecule has 0 radical (unpaired) electrons. The molecule has 0 aliphatic rings. The van der Waals surface area contributed by atoms with E-state index < -0.39 is 11.6 Å². The molecule has 138 valence electrons. The Morgan fingerprint density at radius 2 is 1.56 bits per heavy atom. The molecule has 0 amide bonds. The van der Waals surface area contributed by atoms with Crippen LogP contribution in [-0.4, -0.2) is 0 Å². The molecule has 3 aromatic rings. The van der Waals surface area contributed by atoms with E-state index in [1.807, 2.05) is 44.2 Å². The maximum atomic E-state index is 14.2. The van der Waals surface area contributed by atoms with Crippen molar-refractivity contribution in [1.82, 2.24) is 0 Å². The summed E-state index contributed by atoms with van der Waals surface area (Å²) in [5.74, 6) is -1.86. The maximum Gasteiger partial charge on any atom is 0.166 e. The highest BCUT2D eigenvalue weighted by Crippen LogP contribution is 2.25. The molecule has 0 atom stereocenters. The molecular weight excluding hydrogens is 345 g/mol. The molecule has 0 saturated heterocycles. The lowest BCUT2D eigenvalue weighted by Crippen LogP contribution is -1.96. The Balaban J connectivity index is 1.81. The van der Waals surface area contributed by atoms with Crippen LogP contribution < -0.4 is 0 Å². The van der Waals surface area contributed by atoms with Gasteiger partial charge in [-0.1, -0.05) is 74.0 Å². The highest BCUT2D eigenvalue weighted by molar-refractivity contribution is 5.72. The molecule has 0 aliphatic heterocycles. The number of hydrogen-bond acceptors (Lipinski definition) is 0. The van der Waals surface area contributed by atoms with Crippen LogP contribution in [0.3, 0.4) is 0 Å². The quantitative estimate of drug-likeness (QED) is 0.419. The molecular formula is C24H21F3. The summed E-state index contributed by atoms with van der Waals surface area (Å²) in [6.07, 6.45) is 4.55. The molecule has 0 saturated carbocycles. The molecule has 27 heavy (non-hydrogen) atoms. The monoisotopic (exact) mass is 366 g/mol. The average Bonchev–Trinajstić information content (AvgIpc) is 2.66. The van der Waals surface area contributed by atoms with Gasteiger partial charge in [-0.15, -0.1) is 0 Å². The number of halogens is 3. The van der Waals surface area contributed by atoms with Crippen LogP contribution in [0.2, 0.25) is 0 Å². The van der Waals surface area contributed by atoms with Crippen LogP contribution in [0.25, 0.3) is 23.3 Å². The number of aryl methyl sites for hydroxylation is 2. The Hall–Kier alpha value is -2.81. The van der Waals surface area contributed by atoms with E-state index in [1.54, 1.807) is 30.4 Å². The van der Waals surface area contributed by atoms with E-state index in [0.29, 0.717) is 17.5 Å². The molecule has 0 spiro atoms. The summed E-state index contributed by atoms with van der Waals surface area (Å²) in [6.45, 7) is 3.77. The first-order valence-electron chi connectivity index (χ1n) is 9.01. The van der Waals surface area contributed by atoms with Crippen molar-refractivity contribution >= 4 is 12.2 Å². The highest BCUT2D eigenvalue weighted by atomic mass is 19.2. The first kappa shape index (κ1) is 19.0. The van der Waals surface area contributed by atoms with E-state index in [4.69, 9.17) is 0 Å². The lowest BCUT2D eigenvalue weighted by Gasteiger charge is -2.06.